The van der Waals surface area contributed by atoms with Gasteiger partial charge in [-0.2, -0.15) is 0 Å². The van der Waals surface area contributed by atoms with Crippen LogP contribution in [-0.4, -0.2) is 32.7 Å². The van der Waals surface area contributed by atoms with Crippen molar-refractivity contribution in [1.29, 1.82) is 5.41 Å². The van der Waals surface area contributed by atoms with Crippen LogP contribution in [0.25, 0.3) is 11.1 Å². The summed E-state index contributed by atoms with van der Waals surface area (Å²) in [6.07, 6.45) is 20.3. The predicted molar refractivity (Wildman–Crippen MR) is 179 cm³/mol. The van der Waals surface area contributed by atoms with Crippen LogP contribution in [-0.2, 0) is 13.6 Å². The fourth-order valence-corrected chi connectivity index (χ4v) is 8.32. The summed E-state index contributed by atoms with van der Waals surface area (Å²) in [6.45, 7) is 4.81. The second-order valence-electron chi connectivity index (χ2n) is 14.6. The number of nitrogens with one attached hydrogen (secondary N) is 3. The summed E-state index contributed by atoms with van der Waals surface area (Å²) in [6, 6.07) is 11.2. The molecule has 1 aliphatic heterocycles. The monoisotopic (exact) mass is 613 g/mol. The predicted octanol–water partition coefficient (Wildman–Crippen LogP) is 7.63. The molecule has 0 radical (unpaired) electrons. The Morgan fingerprint density at radius 2 is 1.76 bits per heavy atom. The number of benzene rings is 2. The van der Waals surface area contributed by atoms with Crippen molar-refractivity contribution in [2.45, 2.75) is 121 Å². The number of rotatable bonds is 7. The summed E-state index contributed by atoms with van der Waals surface area (Å²) in [7, 11) is 1.86. The molecule has 1 amide bonds. The van der Waals surface area contributed by atoms with Gasteiger partial charge in [0.15, 0.2) is 0 Å². The van der Waals surface area contributed by atoms with Crippen molar-refractivity contribution in [2.75, 3.05) is 0 Å². The number of hydrogen-bond donors (Lipinski definition) is 3. The summed E-state index contributed by atoms with van der Waals surface area (Å²) < 4.78 is 17.7. The van der Waals surface area contributed by atoms with Crippen LogP contribution >= 0.6 is 0 Å². The average molecular weight is 614 g/mol. The van der Waals surface area contributed by atoms with Crippen LogP contribution in [0.1, 0.15) is 112 Å². The van der Waals surface area contributed by atoms with Gasteiger partial charge >= 0.3 is 0 Å². The Morgan fingerprint density at radius 3 is 2.40 bits per heavy atom. The lowest BCUT2D eigenvalue weighted by Gasteiger charge is -2.48. The molecule has 1 spiro atoms. The second-order valence-corrected chi connectivity index (χ2v) is 14.6. The minimum absolute atomic E-state index is 0.0426. The van der Waals surface area contributed by atoms with Crippen molar-refractivity contribution < 1.29 is 9.18 Å². The Labute approximate surface area is 268 Å². The third-order valence-electron chi connectivity index (χ3n) is 10.7. The maximum atomic E-state index is 14.2. The first-order chi connectivity index (χ1) is 21.7. The summed E-state index contributed by atoms with van der Waals surface area (Å²) in [5.74, 6) is 0.842. The van der Waals surface area contributed by atoms with Gasteiger partial charge < -0.3 is 19.8 Å². The number of carbonyl (C=O) groups excluding carboxylic acids is 1. The molecule has 6 rings (SSSR count). The van der Waals surface area contributed by atoms with Gasteiger partial charge in [0.2, 0.25) is 5.62 Å². The molecule has 3 aromatic rings. The minimum atomic E-state index is -0.265. The Kier molecular flexibility index (Phi) is 9.65. The topological polar surface area (TPSA) is 74.8 Å². The highest BCUT2D eigenvalue weighted by Gasteiger charge is 2.45. The fraction of sp³-hybridized carbons (Fsp3) is 0.579. The van der Waals surface area contributed by atoms with Gasteiger partial charge in [-0.15, -0.1) is 0 Å². The van der Waals surface area contributed by atoms with Crippen molar-refractivity contribution >= 4 is 5.91 Å². The molecule has 242 valence electrons. The molecule has 1 aromatic heterocycles. The first-order valence-electron chi connectivity index (χ1n) is 17.5. The standard InChI is InChI=1S/C38H52FN5O/c1-26-19-34(42-38(24-26)15-9-7-5-4-6-8-10-16-38)35(29-11-12-29)41-36(45)31-22-28(25-44-18-17-43(3)37(44)40)21-30(23-31)33-14-13-32(39)20-27(33)2/h13-14,17-18,20-23,26,29,34-35,40,42H,4-12,15-16,19,24-25H2,1-3H3,(H,41,45). The Balaban J connectivity index is 1.28. The van der Waals surface area contributed by atoms with Crippen LogP contribution in [0.15, 0.2) is 48.8 Å². The lowest BCUT2D eigenvalue weighted by atomic mass is 9.72. The highest BCUT2D eigenvalue weighted by Crippen LogP contribution is 2.42. The molecule has 3 N–H and O–H groups in total. The van der Waals surface area contributed by atoms with Gasteiger partial charge in [-0.05, 0) is 110 Å². The molecular formula is C38H52FN5O. The smallest absolute Gasteiger partial charge is 0.251 e. The Morgan fingerprint density at radius 1 is 1.04 bits per heavy atom. The molecule has 45 heavy (non-hydrogen) atoms. The van der Waals surface area contributed by atoms with Gasteiger partial charge in [0.1, 0.15) is 5.82 Å². The number of aromatic nitrogens is 2. The number of nitrogens with zero attached hydrogens (tertiary/aromatic N) is 2. The lowest BCUT2D eigenvalue weighted by molar-refractivity contribution is 0.0830. The number of carbonyl (C=O) groups is 1. The van der Waals surface area contributed by atoms with Crippen LogP contribution in [0.4, 0.5) is 4.39 Å². The Hall–Kier alpha value is -3.19. The van der Waals surface area contributed by atoms with Gasteiger partial charge in [0.25, 0.3) is 5.91 Å². The van der Waals surface area contributed by atoms with Gasteiger partial charge in [0.05, 0.1) is 6.54 Å². The van der Waals surface area contributed by atoms with Crippen LogP contribution in [0.3, 0.4) is 0 Å². The average Bonchev–Trinajstić information content (AvgIpc) is 3.80. The molecule has 2 saturated carbocycles. The van der Waals surface area contributed by atoms with E-state index in [1.807, 2.05) is 43.1 Å². The zero-order valence-corrected chi connectivity index (χ0v) is 27.5. The number of halogens is 1. The van der Waals surface area contributed by atoms with Crippen LogP contribution in [0.2, 0.25) is 0 Å². The van der Waals surface area contributed by atoms with Crippen molar-refractivity contribution in [3.05, 3.63) is 76.9 Å². The number of amides is 1. The summed E-state index contributed by atoms with van der Waals surface area (Å²) in [5, 5.41) is 16.2. The zero-order chi connectivity index (χ0) is 31.6. The van der Waals surface area contributed by atoms with Gasteiger partial charge in [-0.3, -0.25) is 10.2 Å². The van der Waals surface area contributed by atoms with E-state index in [1.54, 1.807) is 16.7 Å². The summed E-state index contributed by atoms with van der Waals surface area (Å²) >= 11 is 0. The molecule has 7 heteroatoms. The fourth-order valence-electron chi connectivity index (χ4n) is 8.32. The molecule has 1 saturated heterocycles. The highest BCUT2D eigenvalue weighted by molar-refractivity contribution is 5.96. The van der Waals surface area contributed by atoms with Gasteiger partial charge in [0, 0.05) is 42.6 Å². The van der Waals surface area contributed by atoms with Gasteiger partial charge in [-0.1, -0.05) is 57.9 Å². The van der Waals surface area contributed by atoms with E-state index >= 15 is 0 Å². The van der Waals surface area contributed by atoms with Crippen molar-refractivity contribution in [1.82, 2.24) is 19.8 Å². The van der Waals surface area contributed by atoms with Crippen molar-refractivity contribution in [3.63, 3.8) is 0 Å². The largest absolute Gasteiger partial charge is 0.347 e. The van der Waals surface area contributed by atoms with Crippen LogP contribution in [0.5, 0.6) is 0 Å². The van der Waals surface area contributed by atoms with E-state index in [4.69, 9.17) is 5.41 Å². The van der Waals surface area contributed by atoms with E-state index in [1.165, 1.54) is 83.1 Å². The Bertz CT molecular complexity index is 1540. The normalized spacial score (nSPS) is 23.0. The van der Waals surface area contributed by atoms with Crippen LogP contribution in [0, 0.1) is 30.0 Å². The molecule has 6 nitrogen and oxygen atoms in total. The number of piperidine rings is 1. The first kappa shape index (κ1) is 31.8. The molecule has 3 atom stereocenters. The third kappa shape index (κ3) is 7.62. The van der Waals surface area contributed by atoms with Crippen LogP contribution < -0.4 is 16.3 Å². The van der Waals surface area contributed by atoms with E-state index in [-0.39, 0.29) is 29.3 Å². The number of hydrogen-bond acceptors (Lipinski definition) is 3. The van der Waals surface area contributed by atoms with Crippen molar-refractivity contribution in [3.8, 4) is 11.1 Å². The third-order valence-corrected chi connectivity index (χ3v) is 10.7. The maximum Gasteiger partial charge on any atom is 0.251 e. The van der Waals surface area contributed by atoms with E-state index in [0.29, 0.717) is 29.6 Å². The number of aryl methyl sites for hydroxylation is 2. The zero-order valence-electron chi connectivity index (χ0n) is 27.5. The highest BCUT2D eigenvalue weighted by atomic mass is 19.1. The maximum absolute atomic E-state index is 14.2. The number of imidazole rings is 1. The molecular weight excluding hydrogens is 561 g/mol. The summed E-state index contributed by atoms with van der Waals surface area (Å²) in [5.41, 5.74) is 4.79. The molecule has 2 aliphatic carbocycles. The lowest BCUT2D eigenvalue weighted by Crippen LogP contribution is -2.62. The van der Waals surface area contributed by atoms with E-state index in [0.717, 1.165) is 28.7 Å². The van der Waals surface area contributed by atoms with E-state index in [2.05, 4.69) is 23.6 Å². The van der Waals surface area contributed by atoms with E-state index < -0.39 is 0 Å². The van der Waals surface area contributed by atoms with Gasteiger partial charge in [-0.25, -0.2) is 4.39 Å². The first-order valence-corrected chi connectivity index (χ1v) is 17.5. The molecule has 2 heterocycles. The molecule has 2 aromatic carbocycles. The SMILES string of the molecule is Cc1cc(F)ccc1-c1cc(Cn2ccn(C)c2=N)cc(C(=O)NC(C2CC2)C2CC(C)CC3(CCCCCCCCC3)N2)c1. The molecule has 3 aliphatic rings. The minimum Gasteiger partial charge on any atom is -0.347 e. The summed E-state index contributed by atoms with van der Waals surface area (Å²) in [4.78, 5) is 14.2. The second kappa shape index (κ2) is 13.7. The molecule has 3 unspecified atom stereocenters. The van der Waals surface area contributed by atoms with E-state index in [9.17, 15) is 9.18 Å². The quantitative estimate of drug-likeness (QED) is 0.256. The van der Waals surface area contributed by atoms with Crippen molar-refractivity contribution in [2.24, 2.45) is 18.9 Å². The molecule has 0 bridgehead atoms. The molecule has 3 fully saturated rings.